The molecule has 1 unspecified atom stereocenters. The van der Waals surface area contributed by atoms with E-state index in [1.165, 1.54) is 0 Å². The Hall–Kier alpha value is -1.73. The second-order valence-corrected chi connectivity index (χ2v) is 5.13. The van der Waals surface area contributed by atoms with E-state index in [-0.39, 0.29) is 0 Å². The quantitative estimate of drug-likeness (QED) is 0.923. The molecule has 1 heterocycles. The molecule has 0 aliphatic carbocycles. The zero-order chi connectivity index (χ0) is 14.0. The lowest BCUT2D eigenvalue weighted by atomic mass is 9.92. The summed E-state index contributed by atoms with van der Waals surface area (Å²) in [5.74, 6) is -0.812. The summed E-state index contributed by atoms with van der Waals surface area (Å²) in [7, 11) is 0. The molecule has 1 aliphatic rings. The molecule has 1 atom stereocenters. The maximum atomic E-state index is 11.6. The lowest BCUT2D eigenvalue weighted by Crippen LogP contribution is -2.50. The molecule has 0 bridgehead atoms. The van der Waals surface area contributed by atoms with Crippen LogP contribution >= 0.6 is 11.6 Å². The summed E-state index contributed by atoms with van der Waals surface area (Å²) in [6.45, 7) is 2.55. The van der Waals surface area contributed by atoms with Crippen molar-refractivity contribution in [2.24, 2.45) is 0 Å². The first kappa shape index (κ1) is 13.7. The maximum absolute atomic E-state index is 11.6. The van der Waals surface area contributed by atoms with E-state index < -0.39 is 11.5 Å². The van der Waals surface area contributed by atoms with Gasteiger partial charge in [-0.3, -0.25) is 0 Å². The fourth-order valence-electron chi connectivity index (χ4n) is 2.77. The zero-order valence-corrected chi connectivity index (χ0v) is 11.4. The highest BCUT2D eigenvalue weighted by atomic mass is 35.5. The van der Waals surface area contributed by atoms with E-state index in [9.17, 15) is 9.90 Å². The van der Waals surface area contributed by atoms with Gasteiger partial charge in [0.1, 0.15) is 5.54 Å². The number of carboxylic acids is 1. The Labute approximate surface area is 117 Å². The molecule has 19 heavy (non-hydrogen) atoms. The van der Waals surface area contributed by atoms with Crippen molar-refractivity contribution in [1.82, 2.24) is 0 Å². The minimum atomic E-state index is -0.877. The molecule has 0 aromatic heterocycles. The van der Waals surface area contributed by atoms with Crippen LogP contribution in [0, 0.1) is 11.3 Å². The van der Waals surface area contributed by atoms with Crippen molar-refractivity contribution in [3.63, 3.8) is 0 Å². The second kappa shape index (κ2) is 5.10. The number of nitriles is 1. The highest BCUT2D eigenvalue weighted by Crippen LogP contribution is 2.40. The van der Waals surface area contributed by atoms with Gasteiger partial charge in [0.15, 0.2) is 0 Å². The molecule has 0 amide bonds. The second-order valence-electron chi connectivity index (χ2n) is 4.72. The smallest absolute Gasteiger partial charge is 0.329 e. The van der Waals surface area contributed by atoms with Gasteiger partial charge in [0, 0.05) is 6.54 Å². The molecule has 1 fully saturated rings. The Morgan fingerprint density at radius 1 is 1.63 bits per heavy atom. The molecule has 0 radical (unpaired) electrons. The average molecular weight is 279 g/mol. The van der Waals surface area contributed by atoms with Crippen LogP contribution in [-0.2, 0) is 4.79 Å². The fourth-order valence-corrected chi connectivity index (χ4v) is 3.05. The first-order valence-electron chi connectivity index (χ1n) is 6.26. The van der Waals surface area contributed by atoms with Gasteiger partial charge in [-0.15, -0.1) is 0 Å². The van der Waals surface area contributed by atoms with Gasteiger partial charge in [-0.25, -0.2) is 4.79 Å². The third-order valence-electron chi connectivity index (χ3n) is 3.84. The van der Waals surface area contributed by atoms with Gasteiger partial charge in [-0.2, -0.15) is 5.26 Å². The van der Waals surface area contributed by atoms with Crippen LogP contribution in [0.15, 0.2) is 18.2 Å². The third kappa shape index (κ3) is 2.15. The van der Waals surface area contributed by atoms with Crippen molar-refractivity contribution in [1.29, 1.82) is 5.26 Å². The van der Waals surface area contributed by atoms with Gasteiger partial charge in [-0.1, -0.05) is 18.5 Å². The first-order chi connectivity index (χ1) is 9.05. The van der Waals surface area contributed by atoms with Crippen LogP contribution in [0.1, 0.15) is 31.7 Å². The van der Waals surface area contributed by atoms with Gasteiger partial charge >= 0.3 is 5.97 Å². The summed E-state index contributed by atoms with van der Waals surface area (Å²) in [6.07, 6.45) is 1.98. The number of anilines is 1. The lowest BCUT2D eigenvalue weighted by molar-refractivity contribution is -0.143. The largest absolute Gasteiger partial charge is 0.479 e. The summed E-state index contributed by atoms with van der Waals surface area (Å²) < 4.78 is 0. The van der Waals surface area contributed by atoms with Crippen molar-refractivity contribution in [2.45, 2.75) is 31.7 Å². The minimum absolute atomic E-state index is 0.431. The van der Waals surface area contributed by atoms with Gasteiger partial charge < -0.3 is 10.0 Å². The Kier molecular flexibility index (Phi) is 3.68. The Balaban J connectivity index is 2.46. The van der Waals surface area contributed by atoms with Gasteiger partial charge in [0.25, 0.3) is 0 Å². The number of nitrogens with zero attached hydrogens (tertiary/aromatic N) is 2. The van der Waals surface area contributed by atoms with Crippen LogP contribution in [0.2, 0.25) is 5.02 Å². The molecule has 4 nitrogen and oxygen atoms in total. The highest BCUT2D eigenvalue weighted by Gasteiger charge is 2.46. The summed E-state index contributed by atoms with van der Waals surface area (Å²) in [5, 5.41) is 18.8. The number of carbonyl (C=O) groups is 1. The van der Waals surface area contributed by atoms with E-state index in [1.807, 2.05) is 17.9 Å². The van der Waals surface area contributed by atoms with Gasteiger partial charge in [0.2, 0.25) is 0 Å². The van der Waals surface area contributed by atoms with Crippen molar-refractivity contribution in [2.75, 3.05) is 11.4 Å². The number of carboxylic acid groups (broad SMARTS) is 1. The molecule has 1 aromatic carbocycles. The monoisotopic (exact) mass is 278 g/mol. The predicted molar refractivity (Wildman–Crippen MR) is 73.4 cm³/mol. The number of halogens is 1. The summed E-state index contributed by atoms with van der Waals surface area (Å²) >= 11 is 6.19. The van der Waals surface area contributed by atoms with Crippen LogP contribution in [0.4, 0.5) is 5.69 Å². The van der Waals surface area contributed by atoms with Crippen molar-refractivity contribution >= 4 is 23.3 Å². The highest BCUT2D eigenvalue weighted by molar-refractivity contribution is 6.33. The van der Waals surface area contributed by atoms with Crippen LogP contribution in [-0.4, -0.2) is 23.2 Å². The molecule has 1 aliphatic heterocycles. The molecule has 0 saturated carbocycles. The first-order valence-corrected chi connectivity index (χ1v) is 6.63. The predicted octanol–water partition coefficient (Wildman–Crippen LogP) is 3.05. The normalized spacial score (nSPS) is 22.3. The number of aliphatic carboxylic acids is 1. The molecule has 5 heteroatoms. The number of hydrogen-bond donors (Lipinski definition) is 1. The third-order valence-corrected chi connectivity index (χ3v) is 4.14. The zero-order valence-electron chi connectivity index (χ0n) is 10.7. The number of benzene rings is 1. The van der Waals surface area contributed by atoms with Gasteiger partial charge in [-0.05, 0) is 37.5 Å². The van der Waals surface area contributed by atoms with Crippen LogP contribution in [0.25, 0.3) is 0 Å². The molecule has 0 spiro atoms. The minimum Gasteiger partial charge on any atom is -0.479 e. The molecular weight excluding hydrogens is 264 g/mol. The molecule has 1 N–H and O–H groups in total. The SMILES string of the molecule is CCC1(C(=O)O)CCCN1c1ccc(C#N)cc1Cl. The van der Waals surface area contributed by atoms with Crippen molar-refractivity contribution < 1.29 is 9.90 Å². The lowest BCUT2D eigenvalue weighted by Gasteiger charge is -2.36. The summed E-state index contributed by atoms with van der Waals surface area (Å²) in [6, 6.07) is 7.01. The summed E-state index contributed by atoms with van der Waals surface area (Å²) in [5.41, 5.74) is 0.297. The van der Waals surface area contributed by atoms with Crippen molar-refractivity contribution in [3.05, 3.63) is 28.8 Å². The molecule has 2 rings (SSSR count). The van der Waals surface area contributed by atoms with E-state index in [4.69, 9.17) is 16.9 Å². The van der Waals surface area contributed by atoms with E-state index in [1.54, 1.807) is 18.2 Å². The molecule has 1 saturated heterocycles. The van der Waals surface area contributed by atoms with Crippen LogP contribution in [0.5, 0.6) is 0 Å². The topological polar surface area (TPSA) is 64.3 Å². The Bertz CT molecular complexity index is 553. The van der Waals surface area contributed by atoms with E-state index in [2.05, 4.69) is 0 Å². The van der Waals surface area contributed by atoms with E-state index >= 15 is 0 Å². The molecular formula is C14H15ClN2O2. The van der Waals surface area contributed by atoms with Crippen LogP contribution < -0.4 is 4.90 Å². The summed E-state index contributed by atoms with van der Waals surface area (Å²) in [4.78, 5) is 13.5. The molecule has 100 valence electrons. The standard InChI is InChI=1S/C14H15ClN2O2/c1-2-14(13(18)19)6-3-7-17(14)12-5-4-10(9-16)8-11(12)15/h4-5,8H,2-3,6-7H2,1H3,(H,18,19). The maximum Gasteiger partial charge on any atom is 0.329 e. The fraction of sp³-hybridized carbons (Fsp3) is 0.429. The van der Waals surface area contributed by atoms with Gasteiger partial charge in [0.05, 0.1) is 22.3 Å². The van der Waals surface area contributed by atoms with E-state index in [0.717, 1.165) is 6.42 Å². The average Bonchev–Trinajstić information content (AvgIpc) is 2.83. The number of hydrogen-bond acceptors (Lipinski definition) is 3. The molecule has 1 aromatic rings. The van der Waals surface area contributed by atoms with Crippen LogP contribution in [0.3, 0.4) is 0 Å². The Morgan fingerprint density at radius 3 is 2.89 bits per heavy atom. The van der Waals surface area contributed by atoms with E-state index in [0.29, 0.717) is 35.7 Å². The van der Waals surface area contributed by atoms with Crippen molar-refractivity contribution in [3.8, 4) is 6.07 Å². The number of rotatable bonds is 3. The Morgan fingerprint density at radius 2 is 2.37 bits per heavy atom.